The summed E-state index contributed by atoms with van der Waals surface area (Å²) in [5, 5.41) is 2.89. The number of benzene rings is 2. The lowest BCUT2D eigenvalue weighted by Gasteiger charge is -2.39. The first-order chi connectivity index (χ1) is 13.8. The summed E-state index contributed by atoms with van der Waals surface area (Å²) in [4.78, 5) is 16.8. The molecule has 150 valence electrons. The number of hydrogen-bond acceptors (Lipinski definition) is 4. The average Bonchev–Trinajstić information content (AvgIpc) is 2.75. The molecule has 5 heteroatoms. The Morgan fingerprint density at radius 3 is 2.07 bits per heavy atom. The zero-order valence-corrected chi connectivity index (χ0v) is 16.7. The molecule has 0 aliphatic carbocycles. The van der Waals surface area contributed by atoms with Crippen molar-refractivity contribution in [2.75, 3.05) is 53.0 Å². The fourth-order valence-electron chi connectivity index (χ4n) is 3.77. The lowest BCUT2D eigenvalue weighted by atomic mass is 9.96. The molecule has 2 aromatic rings. The van der Waals surface area contributed by atoms with Crippen LogP contribution in [0.5, 0.6) is 0 Å². The zero-order chi connectivity index (χ0) is 19.6. The quantitative estimate of drug-likeness (QED) is 0.678. The van der Waals surface area contributed by atoms with Crippen molar-refractivity contribution in [3.63, 3.8) is 0 Å². The first-order valence-corrected chi connectivity index (χ1v) is 10.1. The van der Waals surface area contributed by atoms with Crippen LogP contribution < -0.4 is 5.32 Å². The van der Waals surface area contributed by atoms with Crippen molar-refractivity contribution in [2.24, 2.45) is 0 Å². The lowest BCUT2D eigenvalue weighted by molar-refractivity contribution is -0.121. The molecule has 3 rings (SSSR count). The number of rotatable bonds is 9. The summed E-state index contributed by atoms with van der Waals surface area (Å²) in [6.45, 7) is 5.93. The largest absolute Gasteiger partial charge is 0.383 e. The maximum Gasteiger partial charge on any atom is 0.221 e. The molecule has 1 aliphatic heterocycles. The molecule has 5 nitrogen and oxygen atoms in total. The molecule has 0 aromatic heterocycles. The van der Waals surface area contributed by atoms with Gasteiger partial charge in [0.2, 0.25) is 5.91 Å². The fourth-order valence-corrected chi connectivity index (χ4v) is 3.77. The van der Waals surface area contributed by atoms with Gasteiger partial charge in [0.1, 0.15) is 0 Å². The van der Waals surface area contributed by atoms with Crippen LogP contribution in [0.1, 0.15) is 23.6 Å². The van der Waals surface area contributed by atoms with Crippen LogP contribution >= 0.6 is 0 Å². The van der Waals surface area contributed by atoms with Gasteiger partial charge in [0.25, 0.3) is 0 Å². The Morgan fingerprint density at radius 1 is 0.964 bits per heavy atom. The van der Waals surface area contributed by atoms with E-state index >= 15 is 0 Å². The molecule has 0 saturated carbocycles. The summed E-state index contributed by atoms with van der Waals surface area (Å²) in [6, 6.07) is 21.7. The van der Waals surface area contributed by atoms with Gasteiger partial charge in [0.05, 0.1) is 12.6 Å². The van der Waals surface area contributed by atoms with Crippen molar-refractivity contribution < 1.29 is 9.53 Å². The van der Waals surface area contributed by atoms with Crippen LogP contribution in [-0.2, 0) is 9.53 Å². The highest BCUT2D eigenvalue weighted by atomic mass is 16.5. The summed E-state index contributed by atoms with van der Waals surface area (Å²) in [5.41, 5.74) is 2.67. The summed E-state index contributed by atoms with van der Waals surface area (Å²) in [6.07, 6.45) is 0.546. The molecule has 1 N–H and O–H groups in total. The van der Waals surface area contributed by atoms with Crippen molar-refractivity contribution in [3.8, 4) is 0 Å². The van der Waals surface area contributed by atoms with E-state index in [-0.39, 0.29) is 11.9 Å². The molecule has 0 unspecified atom stereocenters. The second-order valence-corrected chi connectivity index (χ2v) is 7.19. The third-order valence-electron chi connectivity index (χ3n) is 5.29. The van der Waals surface area contributed by atoms with Gasteiger partial charge in [0, 0.05) is 52.8 Å². The fraction of sp³-hybridized carbons (Fsp3) is 0.435. The van der Waals surface area contributed by atoms with Gasteiger partial charge < -0.3 is 15.0 Å². The highest BCUT2D eigenvalue weighted by Crippen LogP contribution is 2.29. The molecule has 0 bridgehead atoms. The van der Waals surface area contributed by atoms with E-state index < -0.39 is 0 Å². The Balaban J connectivity index is 1.55. The van der Waals surface area contributed by atoms with E-state index in [1.807, 2.05) is 0 Å². The Hall–Kier alpha value is -2.21. The maximum atomic E-state index is 11.9. The number of piperazine rings is 1. The van der Waals surface area contributed by atoms with Gasteiger partial charge in [-0.3, -0.25) is 9.69 Å². The summed E-state index contributed by atoms with van der Waals surface area (Å²) < 4.78 is 4.96. The normalized spacial score (nSPS) is 15.6. The monoisotopic (exact) mass is 381 g/mol. The molecule has 0 atom stereocenters. The Bertz CT molecular complexity index is 661. The van der Waals surface area contributed by atoms with E-state index in [2.05, 4.69) is 75.8 Å². The Morgan fingerprint density at radius 2 is 1.54 bits per heavy atom. The van der Waals surface area contributed by atoms with Crippen LogP contribution in [0.3, 0.4) is 0 Å². The average molecular weight is 382 g/mol. The predicted molar refractivity (Wildman–Crippen MR) is 112 cm³/mol. The van der Waals surface area contributed by atoms with E-state index in [0.717, 1.165) is 32.7 Å². The second-order valence-electron chi connectivity index (χ2n) is 7.19. The van der Waals surface area contributed by atoms with Crippen molar-refractivity contribution in [1.82, 2.24) is 15.1 Å². The molecule has 1 fully saturated rings. The van der Waals surface area contributed by atoms with Crippen molar-refractivity contribution in [2.45, 2.75) is 12.5 Å². The molecular formula is C23H31N3O2. The standard InChI is InChI=1S/C23H31N3O2/c1-28-19-13-24-22(27)12-14-25-15-17-26(18-16-25)23(20-8-4-2-5-9-20)21-10-6-3-7-11-21/h2-11,23H,12-19H2,1H3,(H,24,27). The van der Waals surface area contributed by atoms with Crippen molar-refractivity contribution in [3.05, 3.63) is 71.8 Å². The van der Waals surface area contributed by atoms with Crippen molar-refractivity contribution in [1.29, 1.82) is 0 Å². The topological polar surface area (TPSA) is 44.8 Å². The third kappa shape index (κ3) is 5.89. The summed E-state index contributed by atoms with van der Waals surface area (Å²) in [7, 11) is 1.64. The van der Waals surface area contributed by atoms with Crippen molar-refractivity contribution >= 4 is 5.91 Å². The van der Waals surface area contributed by atoms with Crippen LogP contribution in [0.15, 0.2) is 60.7 Å². The van der Waals surface area contributed by atoms with Gasteiger partial charge in [-0.05, 0) is 11.1 Å². The maximum absolute atomic E-state index is 11.9. The number of hydrogen-bond donors (Lipinski definition) is 1. The van der Waals surface area contributed by atoms with Gasteiger partial charge in [-0.2, -0.15) is 0 Å². The minimum Gasteiger partial charge on any atom is -0.383 e. The number of ether oxygens (including phenoxy) is 1. The predicted octanol–water partition coefficient (Wildman–Crippen LogP) is 2.55. The van der Waals surface area contributed by atoms with Crippen LogP contribution in [0.2, 0.25) is 0 Å². The number of carbonyl (C=O) groups excluding carboxylic acids is 1. The number of methoxy groups -OCH3 is 1. The van der Waals surface area contributed by atoms with Gasteiger partial charge in [-0.15, -0.1) is 0 Å². The van der Waals surface area contributed by atoms with Crippen LogP contribution in [-0.4, -0.2) is 68.7 Å². The molecular weight excluding hydrogens is 350 g/mol. The number of nitrogens with zero attached hydrogens (tertiary/aromatic N) is 2. The van der Waals surface area contributed by atoms with E-state index in [4.69, 9.17) is 4.74 Å². The van der Waals surface area contributed by atoms with E-state index in [1.165, 1.54) is 11.1 Å². The van der Waals surface area contributed by atoms with Gasteiger partial charge in [-0.1, -0.05) is 60.7 Å². The highest BCUT2D eigenvalue weighted by Gasteiger charge is 2.26. The van der Waals surface area contributed by atoms with Gasteiger partial charge in [0.15, 0.2) is 0 Å². The molecule has 28 heavy (non-hydrogen) atoms. The minimum atomic E-state index is 0.103. The van der Waals surface area contributed by atoms with E-state index in [1.54, 1.807) is 7.11 Å². The SMILES string of the molecule is COCCNC(=O)CCN1CCN(C(c2ccccc2)c2ccccc2)CC1. The molecule has 0 spiro atoms. The zero-order valence-electron chi connectivity index (χ0n) is 16.7. The molecule has 1 aliphatic rings. The highest BCUT2D eigenvalue weighted by molar-refractivity contribution is 5.76. The third-order valence-corrected chi connectivity index (χ3v) is 5.29. The molecule has 1 saturated heterocycles. The van der Waals surface area contributed by atoms with Crippen LogP contribution in [0.25, 0.3) is 0 Å². The number of amides is 1. The Kier molecular flexibility index (Phi) is 8.03. The van der Waals surface area contributed by atoms with Crippen LogP contribution in [0, 0.1) is 0 Å². The van der Waals surface area contributed by atoms with E-state index in [0.29, 0.717) is 19.6 Å². The first kappa shape index (κ1) is 20.5. The van der Waals surface area contributed by atoms with Gasteiger partial charge >= 0.3 is 0 Å². The second kappa shape index (κ2) is 11.0. The number of carbonyl (C=O) groups is 1. The molecule has 1 amide bonds. The minimum absolute atomic E-state index is 0.103. The summed E-state index contributed by atoms with van der Waals surface area (Å²) >= 11 is 0. The lowest BCUT2D eigenvalue weighted by Crippen LogP contribution is -2.48. The molecule has 0 radical (unpaired) electrons. The Labute approximate surface area is 168 Å². The van der Waals surface area contributed by atoms with Gasteiger partial charge in [-0.25, -0.2) is 0 Å². The molecule has 1 heterocycles. The van der Waals surface area contributed by atoms with Crippen LogP contribution in [0.4, 0.5) is 0 Å². The number of nitrogens with one attached hydrogen (secondary N) is 1. The summed E-state index contributed by atoms with van der Waals surface area (Å²) in [5.74, 6) is 0.103. The molecule has 2 aromatic carbocycles. The van der Waals surface area contributed by atoms with E-state index in [9.17, 15) is 4.79 Å². The first-order valence-electron chi connectivity index (χ1n) is 10.1. The smallest absolute Gasteiger partial charge is 0.221 e.